The lowest BCUT2D eigenvalue weighted by molar-refractivity contribution is -0.384. The minimum Gasteiger partial charge on any atom is -0.495 e. The van der Waals surface area contributed by atoms with Crippen LogP contribution in [0.15, 0.2) is 42.5 Å². The first-order valence-corrected chi connectivity index (χ1v) is 12.7. The van der Waals surface area contributed by atoms with Crippen LogP contribution in [0.3, 0.4) is 0 Å². The second-order valence-corrected chi connectivity index (χ2v) is 9.87. The van der Waals surface area contributed by atoms with E-state index < -0.39 is 39.3 Å². The number of sulfonamides is 1. The molecular weight excluding hydrogens is 476 g/mol. The number of nitrogens with zero attached hydrogens (tertiary/aromatic N) is 3. The van der Waals surface area contributed by atoms with Crippen LogP contribution in [-0.4, -0.2) is 62.6 Å². The molecule has 0 fully saturated rings. The average molecular weight is 507 g/mol. The van der Waals surface area contributed by atoms with E-state index in [1.54, 1.807) is 13.8 Å². The summed E-state index contributed by atoms with van der Waals surface area (Å²) in [5.41, 5.74) is 1.25. The van der Waals surface area contributed by atoms with Crippen molar-refractivity contribution in [2.75, 3.05) is 30.8 Å². The van der Waals surface area contributed by atoms with Crippen LogP contribution in [0, 0.1) is 17.0 Å². The molecule has 1 N–H and O–H groups in total. The van der Waals surface area contributed by atoms with Gasteiger partial charge in [0.1, 0.15) is 24.0 Å². The summed E-state index contributed by atoms with van der Waals surface area (Å²) in [6.07, 6.45) is 0.885. The number of hydrogen-bond donors (Lipinski definition) is 1. The van der Waals surface area contributed by atoms with Crippen LogP contribution in [0.1, 0.15) is 25.0 Å². The van der Waals surface area contributed by atoms with Crippen molar-refractivity contribution in [2.45, 2.75) is 33.4 Å². The first-order chi connectivity index (χ1) is 16.4. The molecule has 0 aromatic heterocycles. The maximum atomic E-state index is 13.5. The quantitative estimate of drug-likeness (QED) is 0.364. The molecule has 12 heteroatoms. The number of carbonyl (C=O) groups is 2. The number of carbonyl (C=O) groups excluding carboxylic acids is 2. The number of nitro benzene ring substituents is 1. The summed E-state index contributed by atoms with van der Waals surface area (Å²) in [5, 5.41) is 14.0. The normalized spacial score (nSPS) is 11.9. The van der Waals surface area contributed by atoms with Gasteiger partial charge < -0.3 is 15.0 Å². The van der Waals surface area contributed by atoms with Crippen LogP contribution in [0.5, 0.6) is 5.75 Å². The number of likely N-dealkylation sites (N-methyl/N-ethyl adjacent to an activating group) is 1. The number of methoxy groups -OCH3 is 1. The molecule has 11 nitrogen and oxygen atoms in total. The highest BCUT2D eigenvalue weighted by molar-refractivity contribution is 7.92. The van der Waals surface area contributed by atoms with Gasteiger partial charge in [-0.25, -0.2) is 8.42 Å². The molecule has 0 heterocycles. The average Bonchev–Trinajstić information content (AvgIpc) is 2.80. The second kappa shape index (κ2) is 11.6. The third-order valence-electron chi connectivity index (χ3n) is 5.31. The van der Waals surface area contributed by atoms with Crippen molar-refractivity contribution in [3.8, 4) is 5.75 Å². The number of aryl methyl sites for hydroxylation is 1. The first kappa shape index (κ1) is 27.6. The number of nitro groups is 1. The Balaban J connectivity index is 2.50. The van der Waals surface area contributed by atoms with Gasteiger partial charge in [0.25, 0.3) is 5.69 Å². The minimum atomic E-state index is -4.07. The molecule has 0 radical (unpaired) electrons. The van der Waals surface area contributed by atoms with Gasteiger partial charge in [-0.05, 0) is 32.4 Å². The number of benzene rings is 2. The highest BCUT2D eigenvalue weighted by Gasteiger charge is 2.31. The van der Waals surface area contributed by atoms with Gasteiger partial charge in [-0.15, -0.1) is 0 Å². The Bertz CT molecular complexity index is 1180. The lowest BCUT2D eigenvalue weighted by Gasteiger charge is -2.31. The summed E-state index contributed by atoms with van der Waals surface area (Å²) in [7, 11) is -2.79. The molecule has 0 spiro atoms. The van der Waals surface area contributed by atoms with Crippen LogP contribution in [0.4, 0.5) is 11.4 Å². The third-order valence-corrected chi connectivity index (χ3v) is 6.44. The lowest BCUT2D eigenvalue weighted by Crippen LogP contribution is -2.51. The van der Waals surface area contributed by atoms with E-state index in [0.29, 0.717) is 6.54 Å². The van der Waals surface area contributed by atoms with Gasteiger partial charge in [0.05, 0.1) is 18.3 Å². The minimum absolute atomic E-state index is 0.0377. The standard InChI is InChI=1S/C23H30N4O7S/c1-6-24-23(29)17(3)25(14-18-9-7-16(2)8-10-18)22(28)15-26(35(5,32)33)20-13-19(27(30)31)11-12-21(20)34-4/h7-13,17H,6,14-15H2,1-5H3,(H,24,29)/t17-/m1/s1. The van der Waals surface area contributed by atoms with Crippen molar-refractivity contribution in [3.63, 3.8) is 0 Å². The SMILES string of the molecule is CCNC(=O)[C@@H](C)N(Cc1ccc(C)cc1)C(=O)CN(c1cc([N+](=O)[O-])ccc1OC)S(C)(=O)=O. The molecule has 35 heavy (non-hydrogen) atoms. The Hall–Kier alpha value is -3.67. The summed E-state index contributed by atoms with van der Waals surface area (Å²) in [6.45, 7) is 4.94. The summed E-state index contributed by atoms with van der Waals surface area (Å²) in [4.78, 5) is 37.9. The number of non-ortho nitro benzene ring substituents is 1. The molecule has 2 amide bonds. The molecule has 0 aliphatic heterocycles. The van der Waals surface area contributed by atoms with Crippen LogP contribution < -0.4 is 14.4 Å². The molecule has 2 aromatic carbocycles. The maximum Gasteiger partial charge on any atom is 0.271 e. The van der Waals surface area contributed by atoms with Crippen LogP contribution in [-0.2, 0) is 26.2 Å². The molecule has 1 atom stereocenters. The largest absolute Gasteiger partial charge is 0.495 e. The smallest absolute Gasteiger partial charge is 0.271 e. The Labute approximate surface area is 204 Å². The van der Waals surface area contributed by atoms with Crippen molar-refractivity contribution in [1.29, 1.82) is 0 Å². The molecule has 2 rings (SSSR count). The molecule has 0 aliphatic rings. The fourth-order valence-electron chi connectivity index (χ4n) is 3.38. The van der Waals surface area contributed by atoms with E-state index in [2.05, 4.69) is 5.32 Å². The number of anilines is 1. The highest BCUT2D eigenvalue weighted by atomic mass is 32.2. The summed E-state index contributed by atoms with van der Waals surface area (Å²) in [6, 6.07) is 9.93. The van der Waals surface area contributed by atoms with Crippen molar-refractivity contribution >= 4 is 33.2 Å². The van der Waals surface area contributed by atoms with E-state index in [4.69, 9.17) is 4.74 Å². The van der Waals surface area contributed by atoms with Gasteiger partial charge in [-0.2, -0.15) is 0 Å². The highest BCUT2D eigenvalue weighted by Crippen LogP contribution is 2.33. The molecule has 190 valence electrons. The van der Waals surface area contributed by atoms with Gasteiger partial charge in [0.15, 0.2) is 0 Å². The van der Waals surface area contributed by atoms with Crippen molar-refractivity contribution < 1.29 is 27.7 Å². The Morgan fingerprint density at radius 2 is 1.80 bits per heavy atom. The summed E-state index contributed by atoms with van der Waals surface area (Å²) >= 11 is 0. The van der Waals surface area contributed by atoms with E-state index in [0.717, 1.165) is 27.8 Å². The van der Waals surface area contributed by atoms with Gasteiger partial charge in [0, 0.05) is 25.2 Å². The first-order valence-electron chi connectivity index (χ1n) is 10.8. The zero-order chi connectivity index (χ0) is 26.3. The lowest BCUT2D eigenvalue weighted by atomic mass is 10.1. The number of nitrogens with one attached hydrogen (secondary N) is 1. The van der Waals surface area contributed by atoms with Crippen LogP contribution >= 0.6 is 0 Å². The van der Waals surface area contributed by atoms with Crippen LogP contribution in [0.2, 0.25) is 0 Å². The Morgan fingerprint density at radius 3 is 2.31 bits per heavy atom. The molecule has 0 aliphatic carbocycles. The van der Waals surface area contributed by atoms with E-state index in [1.807, 2.05) is 31.2 Å². The van der Waals surface area contributed by atoms with Crippen LogP contribution in [0.25, 0.3) is 0 Å². The van der Waals surface area contributed by atoms with Gasteiger partial charge in [-0.1, -0.05) is 29.8 Å². The number of hydrogen-bond acceptors (Lipinski definition) is 7. The fraction of sp³-hybridized carbons (Fsp3) is 0.391. The third kappa shape index (κ3) is 7.15. The Kier molecular flexibility index (Phi) is 9.18. The number of ether oxygens (including phenoxy) is 1. The molecular formula is C23H30N4O7S. The van der Waals surface area contributed by atoms with Gasteiger partial charge in [-0.3, -0.25) is 24.0 Å². The van der Waals surface area contributed by atoms with Crippen molar-refractivity contribution in [1.82, 2.24) is 10.2 Å². The Morgan fingerprint density at radius 1 is 1.17 bits per heavy atom. The summed E-state index contributed by atoms with van der Waals surface area (Å²) in [5.74, 6) is -1.02. The number of amides is 2. The second-order valence-electron chi connectivity index (χ2n) is 7.96. The van der Waals surface area contributed by atoms with Gasteiger partial charge >= 0.3 is 0 Å². The fourth-order valence-corrected chi connectivity index (χ4v) is 4.22. The van der Waals surface area contributed by atoms with E-state index in [1.165, 1.54) is 24.1 Å². The predicted octanol–water partition coefficient (Wildman–Crippen LogP) is 2.23. The molecule has 0 unspecified atom stereocenters. The molecule has 0 saturated heterocycles. The zero-order valence-corrected chi connectivity index (χ0v) is 21.2. The number of rotatable bonds is 11. The van der Waals surface area contributed by atoms with E-state index in [9.17, 15) is 28.1 Å². The molecule has 0 saturated carbocycles. The zero-order valence-electron chi connectivity index (χ0n) is 20.3. The maximum absolute atomic E-state index is 13.5. The topological polar surface area (TPSA) is 139 Å². The predicted molar refractivity (Wildman–Crippen MR) is 132 cm³/mol. The molecule has 2 aromatic rings. The van der Waals surface area contributed by atoms with Crippen molar-refractivity contribution in [3.05, 3.63) is 63.7 Å². The van der Waals surface area contributed by atoms with Gasteiger partial charge in [0.2, 0.25) is 21.8 Å². The summed E-state index contributed by atoms with van der Waals surface area (Å²) < 4.78 is 31.3. The molecule has 0 bridgehead atoms. The van der Waals surface area contributed by atoms with E-state index >= 15 is 0 Å². The monoisotopic (exact) mass is 506 g/mol. The van der Waals surface area contributed by atoms with E-state index in [-0.39, 0.29) is 23.7 Å². The van der Waals surface area contributed by atoms with Crippen molar-refractivity contribution in [2.24, 2.45) is 0 Å².